The first kappa shape index (κ1) is 10.2. The van der Waals surface area contributed by atoms with Crippen molar-refractivity contribution in [2.24, 2.45) is 5.73 Å². The highest BCUT2D eigenvalue weighted by atomic mass is 16.1. The van der Waals surface area contributed by atoms with Crippen molar-refractivity contribution in [2.75, 3.05) is 0 Å². The molecule has 0 aromatic rings. The van der Waals surface area contributed by atoms with E-state index < -0.39 is 0 Å². The van der Waals surface area contributed by atoms with Crippen molar-refractivity contribution in [2.45, 2.75) is 32.4 Å². The van der Waals surface area contributed by atoms with Crippen molar-refractivity contribution in [3.8, 4) is 0 Å². The third-order valence-corrected chi connectivity index (χ3v) is 1.48. The van der Waals surface area contributed by atoms with Gasteiger partial charge in [0.25, 0.3) is 0 Å². The Hall–Kier alpha value is -0.830. The molecule has 0 fully saturated rings. The largest absolute Gasteiger partial charge is 0.368 e. The van der Waals surface area contributed by atoms with Crippen molar-refractivity contribution in [3.63, 3.8) is 0 Å². The van der Waals surface area contributed by atoms with Crippen molar-refractivity contribution >= 4 is 5.91 Å². The Bertz CT molecular complexity index is 145. The van der Waals surface area contributed by atoms with Crippen LogP contribution in [-0.4, -0.2) is 18.0 Å². The molecule has 2 atom stereocenters. The summed E-state index contributed by atoms with van der Waals surface area (Å²) in [6.45, 7) is 7.34. The van der Waals surface area contributed by atoms with Gasteiger partial charge in [-0.15, -0.1) is 6.58 Å². The molecule has 0 saturated heterocycles. The lowest BCUT2D eigenvalue weighted by Crippen LogP contribution is -2.43. The van der Waals surface area contributed by atoms with E-state index in [0.29, 0.717) is 0 Å². The Labute approximate surface area is 67.7 Å². The minimum atomic E-state index is -0.319. The SMILES string of the molecule is C=CCC(C)NC(C)C(N)=O. The van der Waals surface area contributed by atoms with Crippen LogP contribution in [0.2, 0.25) is 0 Å². The zero-order valence-electron chi connectivity index (χ0n) is 7.13. The standard InChI is InChI=1S/C8H16N2O/c1-4-5-6(2)10-7(3)8(9)11/h4,6-7,10H,1,5H2,2-3H3,(H2,9,11). The maximum Gasteiger partial charge on any atom is 0.234 e. The van der Waals surface area contributed by atoms with E-state index in [1.807, 2.05) is 13.0 Å². The van der Waals surface area contributed by atoms with Crippen LogP contribution in [0.4, 0.5) is 0 Å². The van der Waals surface area contributed by atoms with Gasteiger partial charge in [0.05, 0.1) is 6.04 Å². The zero-order chi connectivity index (χ0) is 8.85. The number of hydrogen-bond donors (Lipinski definition) is 2. The summed E-state index contributed by atoms with van der Waals surface area (Å²) in [5.74, 6) is -0.319. The normalized spacial score (nSPS) is 15.5. The van der Waals surface area contributed by atoms with Crippen LogP contribution < -0.4 is 11.1 Å². The molecule has 0 aliphatic rings. The third kappa shape index (κ3) is 4.56. The smallest absolute Gasteiger partial charge is 0.234 e. The molecule has 0 spiro atoms. The average Bonchev–Trinajstić information content (AvgIpc) is 1.87. The van der Waals surface area contributed by atoms with E-state index in [1.54, 1.807) is 6.92 Å². The van der Waals surface area contributed by atoms with Crippen LogP contribution in [-0.2, 0) is 4.79 Å². The van der Waals surface area contributed by atoms with Gasteiger partial charge < -0.3 is 11.1 Å². The molecule has 0 aromatic carbocycles. The molecule has 0 aromatic heterocycles. The first-order chi connectivity index (χ1) is 5.07. The van der Waals surface area contributed by atoms with Crippen LogP contribution in [0.15, 0.2) is 12.7 Å². The summed E-state index contributed by atoms with van der Waals surface area (Å²) in [5, 5.41) is 3.03. The van der Waals surface area contributed by atoms with Gasteiger partial charge in [-0.05, 0) is 20.3 Å². The number of primary amides is 1. The molecule has 0 radical (unpaired) electrons. The Kier molecular flexibility index (Phi) is 4.54. The number of hydrogen-bond acceptors (Lipinski definition) is 2. The Morgan fingerprint density at radius 2 is 2.27 bits per heavy atom. The first-order valence-corrected chi connectivity index (χ1v) is 3.74. The van der Waals surface area contributed by atoms with E-state index in [9.17, 15) is 4.79 Å². The van der Waals surface area contributed by atoms with E-state index in [2.05, 4.69) is 11.9 Å². The third-order valence-electron chi connectivity index (χ3n) is 1.48. The van der Waals surface area contributed by atoms with Crippen LogP contribution in [0.5, 0.6) is 0 Å². The van der Waals surface area contributed by atoms with Crippen LogP contribution in [0.3, 0.4) is 0 Å². The number of nitrogens with one attached hydrogen (secondary N) is 1. The molecule has 0 heterocycles. The highest BCUT2D eigenvalue weighted by molar-refractivity contribution is 5.79. The topological polar surface area (TPSA) is 55.1 Å². The van der Waals surface area contributed by atoms with Crippen molar-refractivity contribution in [3.05, 3.63) is 12.7 Å². The lowest BCUT2D eigenvalue weighted by molar-refractivity contribution is -0.119. The molecule has 64 valence electrons. The monoisotopic (exact) mass is 156 g/mol. The van der Waals surface area contributed by atoms with Gasteiger partial charge in [0.1, 0.15) is 0 Å². The maximum absolute atomic E-state index is 10.6. The number of amides is 1. The highest BCUT2D eigenvalue weighted by Crippen LogP contribution is 1.92. The molecule has 11 heavy (non-hydrogen) atoms. The van der Waals surface area contributed by atoms with Crippen molar-refractivity contribution < 1.29 is 4.79 Å². The Morgan fingerprint density at radius 1 is 1.73 bits per heavy atom. The van der Waals surface area contributed by atoms with Crippen LogP contribution >= 0.6 is 0 Å². The molecule has 3 heteroatoms. The lowest BCUT2D eigenvalue weighted by Gasteiger charge is -2.15. The molecule has 0 bridgehead atoms. The predicted molar refractivity (Wildman–Crippen MR) is 46.1 cm³/mol. The zero-order valence-corrected chi connectivity index (χ0v) is 7.13. The van der Waals surface area contributed by atoms with Gasteiger partial charge in [0, 0.05) is 6.04 Å². The fraction of sp³-hybridized carbons (Fsp3) is 0.625. The van der Waals surface area contributed by atoms with E-state index in [0.717, 1.165) is 6.42 Å². The molecule has 3 nitrogen and oxygen atoms in total. The molecule has 1 amide bonds. The van der Waals surface area contributed by atoms with Gasteiger partial charge in [-0.3, -0.25) is 4.79 Å². The van der Waals surface area contributed by atoms with E-state index in [1.165, 1.54) is 0 Å². The summed E-state index contributed by atoms with van der Waals surface area (Å²) in [4.78, 5) is 10.6. The van der Waals surface area contributed by atoms with E-state index >= 15 is 0 Å². The summed E-state index contributed by atoms with van der Waals surface area (Å²) < 4.78 is 0. The minimum Gasteiger partial charge on any atom is -0.368 e. The van der Waals surface area contributed by atoms with Crippen molar-refractivity contribution in [1.29, 1.82) is 0 Å². The van der Waals surface area contributed by atoms with Gasteiger partial charge in [-0.1, -0.05) is 6.08 Å². The van der Waals surface area contributed by atoms with Gasteiger partial charge in [-0.25, -0.2) is 0 Å². The lowest BCUT2D eigenvalue weighted by atomic mass is 10.2. The molecular formula is C8H16N2O. The van der Waals surface area contributed by atoms with E-state index in [-0.39, 0.29) is 18.0 Å². The maximum atomic E-state index is 10.6. The van der Waals surface area contributed by atoms with Gasteiger partial charge >= 0.3 is 0 Å². The second-order valence-corrected chi connectivity index (χ2v) is 2.72. The minimum absolute atomic E-state index is 0.259. The summed E-state index contributed by atoms with van der Waals surface area (Å²) in [7, 11) is 0. The summed E-state index contributed by atoms with van der Waals surface area (Å²) in [6.07, 6.45) is 2.66. The second-order valence-electron chi connectivity index (χ2n) is 2.72. The fourth-order valence-electron chi connectivity index (χ4n) is 0.827. The van der Waals surface area contributed by atoms with Crippen LogP contribution in [0.1, 0.15) is 20.3 Å². The molecule has 0 saturated carbocycles. The number of rotatable bonds is 5. The summed E-state index contributed by atoms with van der Waals surface area (Å²) in [5.41, 5.74) is 5.05. The number of carbonyl (C=O) groups is 1. The molecule has 3 N–H and O–H groups in total. The highest BCUT2D eigenvalue weighted by Gasteiger charge is 2.09. The molecule has 2 unspecified atom stereocenters. The Morgan fingerprint density at radius 3 is 2.64 bits per heavy atom. The predicted octanol–water partition coefficient (Wildman–Crippen LogP) is 0.414. The number of nitrogens with two attached hydrogens (primary N) is 1. The van der Waals surface area contributed by atoms with E-state index in [4.69, 9.17) is 5.73 Å². The van der Waals surface area contributed by atoms with Gasteiger partial charge in [0.2, 0.25) is 5.91 Å². The van der Waals surface area contributed by atoms with Crippen molar-refractivity contribution in [1.82, 2.24) is 5.32 Å². The molecule has 0 rings (SSSR count). The summed E-state index contributed by atoms with van der Waals surface area (Å²) >= 11 is 0. The second kappa shape index (κ2) is 4.91. The molecule has 0 aliphatic heterocycles. The average molecular weight is 156 g/mol. The Balaban J connectivity index is 3.64. The number of carbonyl (C=O) groups excluding carboxylic acids is 1. The fourth-order valence-corrected chi connectivity index (χ4v) is 0.827. The van der Waals surface area contributed by atoms with Gasteiger partial charge in [0.15, 0.2) is 0 Å². The summed E-state index contributed by atoms with van der Waals surface area (Å²) in [6, 6.07) is -0.0000463. The molecule has 0 aliphatic carbocycles. The molecular weight excluding hydrogens is 140 g/mol. The van der Waals surface area contributed by atoms with Crippen LogP contribution in [0, 0.1) is 0 Å². The first-order valence-electron chi connectivity index (χ1n) is 3.74. The van der Waals surface area contributed by atoms with Crippen LogP contribution in [0.25, 0.3) is 0 Å². The van der Waals surface area contributed by atoms with Gasteiger partial charge in [-0.2, -0.15) is 0 Å². The quantitative estimate of drug-likeness (QED) is 0.567.